The van der Waals surface area contributed by atoms with Gasteiger partial charge in [0.05, 0.1) is 12.1 Å². The maximum absolute atomic E-state index is 11.8. The zero-order chi connectivity index (χ0) is 24.4. The standard InChI is InChI=1S/C23H30N2O8/c1-16(24-18(26)10-11-19(24)27)14-32-22(30)8-6-4-3-5-7-9-23(31)33-15-17(2)25-20(28)12-13-21(25)29/h10-13,16-17H,3-9,14-15H2,1-2H3. The number of nitrogens with zero attached hydrogens (tertiary/aromatic N) is 2. The van der Waals surface area contributed by atoms with Gasteiger partial charge in [-0.3, -0.25) is 38.6 Å². The minimum atomic E-state index is -0.514. The van der Waals surface area contributed by atoms with E-state index in [0.717, 1.165) is 29.1 Å². The molecule has 4 amide bonds. The smallest absolute Gasteiger partial charge is 0.305 e. The van der Waals surface area contributed by atoms with E-state index in [4.69, 9.17) is 9.47 Å². The maximum atomic E-state index is 11.8. The van der Waals surface area contributed by atoms with Crippen LogP contribution in [0.15, 0.2) is 24.3 Å². The first kappa shape index (κ1) is 26.0. The van der Waals surface area contributed by atoms with E-state index in [0.29, 0.717) is 12.8 Å². The Labute approximate surface area is 192 Å². The fourth-order valence-electron chi connectivity index (χ4n) is 3.48. The number of imide groups is 2. The molecule has 2 atom stereocenters. The molecule has 0 bridgehead atoms. The third kappa shape index (κ3) is 7.96. The van der Waals surface area contributed by atoms with Gasteiger partial charge in [-0.2, -0.15) is 0 Å². The summed E-state index contributed by atoms with van der Waals surface area (Å²) in [6.45, 7) is 3.22. The summed E-state index contributed by atoms with van der Waals surface area (Å²) in [6, 6.07) is -1.03. The highest BCUT2D eigenvalue weighted by atomic mass is 16.5. The summed E-state index contributed by atoms with van der Waals surface area (Å²) in [4.78, 5) is 72.1. The van der Waals surface area contributed by atoms with Crippen molar-refractivity contribution in [2.45, 2.75) is 70.9 Å². The van der Waals surface area contributed by atoms with E-state index in [1.807, 2.05) is 0 Å². The molecule has 0 saturated carbocycles. The van der Waals surface area contributed by atoms with Crippen molar-refractivity contribution in [1.82, 2.24) is 9.80 Å². The number of rotatable bonds is 14. The van der Waals surface area contributed by atoms with Gasteiger partial charge in [0, 0.05) is 37.1 Å². The SMILES string of the molecule is CC(COC(=O)CCCCCCCC(=O)OCC(C)N1C(=O)C=CC1=O)N1C(=O)C=CC1=O. The summed E-state index contributed by atoms with van der Waals surface area (Å²) in [5, 5.41) is 0. The van der Waals surface area contributed by atoms with E-state index in [2.05, 4.69) is 0 Å². The molecule has 0 aromatic rings. The summed E-state index contributed by atoms with van der Waals surface area (Å²) < 4.78 is 10.3. The summed E-state index contributed by atoms with van der Waals surface area (Å²) in [5.41, 5.74) is 0. The van der Waals surface area contributed by atoms with Gasteiger partial charge in [0.1, 0.15) is 13.2 Å². The lowest BCUT2D eigenvalue weighted by Gasteiger charge is -2.22. The van der Waals surface area contributed by atoms with Gasteiger partial charge < -0.3 is 9.47 Å². The van der Waals surface area contributed by atoms with Crippen LogP contribution >= 0.6 is 0 Å². The molecule has 2 rings (SSSR count). The molecule has 180 valence electrons. The van der Waals surface area contributed by atoms with E-state index < -0.39 is 35.7 Å². The zero-order valence-electron chi connectivity index (χ0n) is 19.0. The second kappa shape index (κ2) is 12.7. The first-order valence-electron chi connectivity index (χ1n) is 11.1. The molecule has 10 heteroatoms. The lowest BCUT2D eigenvalue weighted by atomic mass is 10.1. The van der Waals surface area contributed by atoms with E-state index in [1.165, 1.54) is 24.3 Å². The van der Waals surface area contributed by atoms with Crippen molar-refractivity contribution < 1.29 is 38.2 Å². The van der Waals surface area contributed by atoms with Gasteiger partial charge in [0.2, 0.25) is 0 Å². The van der Waals surface area contributed by atoms with E-state index >= 15 is 0 Å². The van der Waals surface area contributed by atoms with Crippen molar-refractivity contribution in [3.05, 3.63) is 24.3 Å². The largest absolute Gasteiger partial charge is 0.463 e. The monoisotopic (exact) mass is 462 g/mol. The lowest BCUT2D eigenvalue weighted by Crippen LogP contribution is -2.41. The summed E-state index contributed by atoms with van der Waals surface area (Å²) in [5.74, 6) is -2.38. The van der Waals surface area contributed by atoms with Crippen LogP contribution in [-0.4, -0.2) is 70.7 Å². The normalized spacial score (nSPS) is 17.2. The molecular formula is C23H30N2O8. The lowest BCUT2D eigenvalue weighted by molar-refractivity contribution is -0.150. The molecule has 2 heterocycles. The van der Waals surface area contributed by atoms with Crippen molar-refractivity contribution in [2.24, 2.45) is 0 Å². The van der Waals surface area contributed by atoms with Crippen LogP contribution in [0, 0.1) is 0 Å². The number of hydrogen-bond donors (Lipinski definition) is 0. The predicted octanol–water partition coefficient (Wildman–Crippen LogP) is 1.43. The van der Waals surface area contributed by atoms with E-state index in [9.17, 15) is 28.8 Å². The van der Waals surface area contributed by atoms with Crippen molar-refractivity contribution in [3.8, 4) is 0 Å². The van der Waals surface area contributed by atoms with E-state index in [1.54, 1.807) is 13.8 Å². The van der Waals surface area contributed by atoms with Gasteiger partial charge >= 0.3 is 11.9 Å². The van der Waals surface area contributed by atoms with Gasteiger partial charge in [-0.05, 0) is 26.7 Å². The summed E-state index contributed by atoms with van der Waals surface area (Å²) in [6.07, 6.45) is 8.99. The predicted molar refractivity (Wildman–Crippen MR) is 115 cm³/mol. The third-order valence-electron chi connectivity index (χ3n) is 5.30. The Hall–Kier alpha value is -3.30. The molecule has 0 radical (unpaired) electrons. The first-order valence-corrected chi connectivity index (χ1v) is 11.1. The number of esters is 2. The second-order valence-corrected chi connectivity index (χ2v) is 8.09. The molecule has 0 aliphatic carbocycles. The van der Waals surface area contributed by atoms with Crippen molar-refractivity contribution in [3.63, 3.8) is 0 Å². The molecule has 0 N–H and O–H groups in total. The van der Waals surface area contributed by atoms with Crippen LogP contribution in [0.5, 0.6) is 0 Å². The van der Waals surface area contributed by atoms with Crippen LogP contribution in [0.25, 0.3) is 0 Å². The number of ether oxygens (including phenoxy) is 2. The minimum absolute atomic E-state index is 0.0324. The Morgan fingerprint density at radius 2 is 0.939 bits per heavy atom. The minimum Gasteiger partial charge on any atom is -0.463 e. The number of hydrogen-bond acceptors (Lipinski definition) is 8. The zero-order valence-corrected chi connectivity index (χ0v) is 19.0. The summed E-state index contributed by atoms with van der Waals surface area (Å²) >= 11 is 0. The highest BCUT2D eigenvalue weighted by molar-refractivity contribution is 6.13. The van der Waals surface area contributed by atoms with Crippen molar-refractivity contribution in [2.75, 3.05) is 13.2 Å². The van der Waals surface area contributed by atoms with Crippen LogP contribution in [0.4, 0.5) is 0 Å². The molecule has 2 unspecified atom stereocenters. The van der Waals surface area contributed by atoms with Crippen LogP contribution in [0.3, 0.4) is 0 Å². The fraction of sp³-hybridized carbons (Fsp3) is 0.565. The van der Waals surface area contributed by atoms with Crippen LogP contribution in [-0.2, 0) is 38.2 Å². The third-order valence-corrected chi connectivity index (χ3v) is 5.30. The van der Waals surface area contributed by atoms with Crippen molar-refractivity contribution >= 4 is 35.6 Å². The number of unbranched alkanes of at least 4 members (excludes halogenated alkanes) is 4. The van der Waals surface area contributed by atoms with Gasteiger partial charge in [-0.15, -0.1) is 0 Å². The Kier molecular flexibility index (Phi) is 9.96. The highest BCUT2D eigenvalue weighted by Gasteiger charge is 2.30. The van der Waals surface area contributed by atoms with E-state index in [-0.39, 0.29) is 38.0 Å². The molecule has 0 aromatic heterocycles. The topological polar surface area (TPSA) is 127 Å². The molecule has 10 nitrogen and oxygen atoms in total. The molecule has 2 aliphatic heterocycles. The van der Waals surface area contributed by atoms with Gasteiger partial charge in [-0.1, -0.05) is 19.3 Å². The quantitative estimate of drug-likeness (QED) is 0.215. The molecule has 0 fully saturated rings. The average Bonchev–Trinajstić information content (AvgIpc) is 3.29. The second-order valence-electron chi connectivity index (χ2n) is 8.09. The van der Waals surface area contributed by atoms with Gasteiger partial charge in [0.15, 0.2) is 0 Å². The highest BCUT2D eigenvalue weighted by Crippen LogP contribution is 2.12. The molecule has 2 aliphatic rings. The number of carbonyl (C=O) groups is 6. The first-order chi connectivity index (χ1) is 15.7. The van der Waals surface area contributed by atoms with Crippen molar-refractivity contribution in [1.29, 1.82) is 0 Å². The van der Waals surface area contributed by atoms with Gasteiger partial charge in [-0.25, -0.2) is 0 Å². The summed E-state index contributed by atoms with van der Waals surface area (Å²) in [7, 11) is 0. The van der Waals surface area contributed by atoms with Crippen LogP contribution in [0.2, 0.25) is 0 Å². The van der Waals surface area contributed by atoms with Crippen LogP contribution < -0.4 is 0 Å². The average molecular weight is 462 g/mol. The molecule has 33 heavy (non-hydrogen) atoms. The van der Waals surface area contributed by atoms with Gasteiger partial charge in [0.25, 0.3) is 23.6 Å². The number of carbonyl (C=O) groups excluding carboxylic acids is 6. The van der Waals surface area contributed by atoms with Crippen LogP contribution in [0.1, 0.15) is 58.8 Å². The molecule has 0 saturated heterocycles. The number of amides is 4. The Morgan fingerprint density at radius 3 is 1.27 bits per heavy atom. The molecular weight excluding hydrogens is 432 g/mol. The Bertz CT molecular complexity index is 743. The maximum Gasteiger partial charge on any atom is 0.305 e. The Morgan fingerprint density at radius 1 is 0.636 bits per heavy atom. The molecule has 0 spiro atoms. The fourth-order valence-corrected chi connectivity index (χ4v) is 3.48. The Balaban J connectivity index is 1.46. The molecule has 0 aromatic carbocycles.